The summed E-state index contributed by atoms with van der Waals surface area (Å²) in [5.41, 5.74) is 12.3. The normalized spacial score (nSPS) is 15.8. The molecule has 0 aromatic heterocycles. The van der Waals surface area contributed by atoms with Gasteiger partial charge in [0.05, 0.1) is 5.41 Å². The summed E-state index contributed by atoms with van der Waals surface area (Å²) in [5, 5.41) is 0. The second-order valence-electron chi connectivity index (χ2n) is 8.58. The van der Waals surface area contributed by atoms with Crippen molar-refractivity contribution in [1.29, 1.82) is 0 Å². The van der Waals surface area contributed by atoms with E-state index in [1.165, 1.54) is 39.0 Å². The highest BCUT2D eigenvalue weighted by Crippen LogP contribution is 2.62. The summed E-state index contributed by atoms with van der Waals surface area (Å²) < 4.78 is 0. The highest BCUT2D eigenvalue weighted by molar-refractivity contribution is 5.63. The molecule has 0 amide bonds. The van der Waals surface area contributed by atoms with Gasteiger partial charge in [-0.15, -0.1) is 5.73 Å². The summed E-state index contributed by atoms with van der Waals surface area (Å²) in [6.45, 7) is 10.4. The fraction of sp³-hybridized carbons (Fsp3) is 0.156. The van der Waals surface area contributed by atoms with Gasteiger partial charge in [-0.25, -0.2) is 0 Å². The fourth-order valence-corrected chi connectivity index (χ4v) is 4.64. The van der Waals surface area contributed by atoms with E-state index in [0.29, 0.717) is 5.92 Å². The number of allylic oxidation sites excluding steroid dienone is 1. The summed E-state index contributed by atoms with van der Waals surface area (Å²) in [4.78, 5) is 0. The molecule has 4 aromatic carbocycles. The Kier molecular flexibility index (Phi) is 6.26. The first kappa shape index (κ1) is 21.6. The second kappa shape index (κ2) is 9.27. The number of hydrogen-bond acceptors (Lipinski definition) is 0. The van der Waals surface area contributed by atoms with Crippen LogP contribution in [0.1, 0.15) is 29.2 Å². The molecule has 1 unspecified atom stereocenters. The zero-order valence-electron chi connectivity index (χ0n) is 19.2. The first-order valence-electron chi connectivity index (χ1n) is 11.2. The topological polar surface area (TPSA) is 0 Å². The van der Waals surface area contributed by atoms with Gasteiger partial charge in [0.15, 0.2) is 0 Å². The van der Waals surface area contributed by atoms with Crippen LogP contribution in [0.3, 0.4) is 0 Å². The predicted molar refractivity (Wildman–Crippen MR) is 137 cm³/mol. The monoisotopic (exact) mass is 414 g/mol. The Morgan fingerprint density at radius 2 is 0.969 bits per heavy atom. The second-order valence-corrected chi connectivity index (χ2v) is 8.58. The number of hydrogen-bond donors (Lipinski definition) is 0. The maximum absolute atomic E-state index is 3.89. The molecule has 4 aromatic rings. The van der Waals surface area contributed by atoms with Crippen molar-refractivity contribution < 1.29 is 0 Å². The van der Waals surface area contributed by atoms with Crippen LogP contribution in [-0.4, -0.2) is 0 Å². The average molecular weight is 415 g/mol. The van der Waals surface area contributed by atoms with Gasteiger partial charge in [-0.3, -0.25) is 0 Å². The molecular weight excluding hydrogens is 384 g/mol. The Morgan fingerprint density at radius 3 is 1.28 bits per heavy atom. The smallest absolute Gasteiger partial charge is 0.0557 e. The van der Waals surface area contributed by atoms with Gasteiger partial charge in [-0.05, 0) is 41.7 Å². The van der Waals surface area contributed by atoms with Crippen LogP contribution in [0, 0.1) is 19.8 Å². The zero-order chi connectivity index (χ0) is 22.6. The van der Waals surface area contributed by atoms with E-state index in [2.05, 4.69) is 130 Å². The highest BCUT2D eigenvalue weighted by atomic mass is 14.6. The molecule has 0 N–H and O–H groups in total. The molecule has 0 heterocycles. The Morgan fingerprint density at radius 1 is 0.594 bits per heavy atom. The van der Waals surface area contributed by atoms with Crippen molar-refractivity contribution in [3.8, 4) is 11.1 Å². The van der Waals surface area contributed by atoms with Crippen molar-refractivity contribution in [3.05, 3.63) is 149 Å². The Bertz CT molecular complexity index is 1120. The molecule has 1 atom stereocenters. The molecule has 0 radical (unpaired) electrons. The standard InChI is InChI=1S/C20H20.C12H10/c1-5-19-16(4)20(19,17-10-6-14(2)7-11-17)18-12-8-15(3)9-13-18;1-3-7-11(8-4-1)12-9-5-2-6-10-12/h6-13,16H,1H2,2-4H3;1-10H. The van der Waals surface area contributed by atoms with Gasteiger partial charge in [0.1, 0.15) is 0 Å². The lowest BCUT2D eigenvalue weighted by atomic mass is 9.84. The maximum atomic E-state index is 3.89. The Labute approximate surface area is 192 Å². The van der Waals surface area contributed by atoms with E-state index in [4.69, 9.17) is 0 Å². The molecule has 1 fully saturated rings. The lowest BCUT2D eigenvalue weighted by Gasteiger charge is -2.18. The van der Waals surface area contributed by atoms with Crippen LogP contribution in [0.4, 0.5) is 0 Å². The molecule has 5 rings (SSSR count). The van der Waals surface area contributed by atoms with Crippen LogP contribution in [0.5, 0.6) is 0 Å². The molecule has 0 nitrogen and oxygen atoms in total. The van der Waals surface area contributed by atoms with Crippen LogP contribution >= 0.6 is 0 Å². The van der Waals surface area contributed by atoms with E-state index >= 15 is 0 Å². The van der Waals surface area contributed by atoms with Crippen LogP contribution in [0.25, 0.3) is 11.1 Å². The minimum absolute atomic E-state index is 0.0108. The van der Waals surface area contributed by atoms with E-state index in [9.17, 15) is 0 Å². The van der Waals surface area contributed by atoms with E-state index in [1.807, 2.05) is 12.1 Å². The van der Waals surface area contributed by atoms with Crippen molar-refractivity contribution in [2.24, 2.45) is 5.92 Å². The molecule has 0 bridgehead atoms. The lowest BCUT2D eigenvalue weighted by molar-refractivity contribution is 0.751. The van der Waals surface area contributed by atoms with Crippen molar-refractivity contribution >= 4 is 0 Å². The molecule has 1 aliphatic carbocycles. The highest BCUT2D eigenvalue weighted by Gasteiger charge is 2.59. The van der Waals surface area contributed by atoms with Gasteiger partial charge in [0.25, 0.3) is 0 Å². The summed E-state index contributed by atoms with van der Waals surface area (Å²) in [6, 6.07) is 38.5. The SMILES string of the molecule is C=C=C1C(C)C1(c1ccc(C)cc1)c1ccc(C)cc1.c1ccc(-c2ccccc2)cc1. The van der Waals surface area contributed by atoms with E-state index < -0.39 is 0 Å². The van der Waals surface area contributed by atoms with Crippen LogP contribution in [-0.2, 0) is 5.41 Å². The first-order chi connectivity index (χ1) is 15.6. The van der Waals surface area contributed by atoms with Crippen LogP contribution in [0.15, 0.2) is 127 Å². The summed E-state index contributed by atoms with van der Waals surface area (Å²) in [6.07, 6.45) is 0. The third-order valence-corrected chi connectivity index (χ3v) is 6.51. The summed E-state index contributed by atoms with van der Waals surface area (Å²) >= 11 is 0. The predicted octanol–water partition coefficient (Wildman–Crippen LogP) is 8.30. The van der Waals surface area contributed by atoms with Crippen molar-refractivity contribution in [2.45, 2.75) is 26.2 Å². The maximum Gasteiger partial charge on any atom is 0.0557 e. The third kappa shape index (κ3) is 4.11. The molecule has 0 saturated heterocycles. The van der Waals surface area contributed by atoms with Crippen molar-refractivity contribution in [3.63, 3.8) is 0 Å². The molecule has 158 valence electrons. The van der Waals surface area contributed by atoms with Crippen molar-refractivity contribution in [2.75, 3.05) is 0 Å². The quantitative estimate of drug-likeness (QED) is 0.296. The minimum Gasteiger partial charge on any atom is -0.128 e. The van der Waals surface area contributed by atoms with Gasteiger partial charge in [-0.2, -0.15) is 0 Å². The Hall–Kier alpha value is -3.60. The van der Waals surface area contributed by atoms with Crippen LogP contribution in [0.2, 0.25) is 0 Å². The molecule has 0 spiro atoms. The number of rotatable bonds is 3. The van der Waals surface area contributed by atoms with Gasteiger partial charge in [-0.1, -0.05) is 134 Å². The zero-order valence-corrected chi connectivity index (χ0v) is 19.2. The van der Waals surface area contributed by atoms with Gasteiger partial charge in [0.2, 0.25) is 0 Å². The molecule has 1 aliphatic rings. The minimum atomic E-state index is -0.0108. The molecule has 32 heavy (non-hydrogen) atoms. The van der Waals surface area contributed by atoms with E-state index in [0.717, 1.165) is 0 Å². The van der Waals surface area contributed by atoms with Gasteiger partial charge < -0.3 is 0 Å². The van der Waals surface area contributed by atoms with Gasteiger partial charge in [0, 0.05) is 5.92 Å². The fourth-order valence-electron chi connectivity index (χ4n) is 4.64. The Balaban J connectivity index is 0.000000174. The molecule has 0 heteroatoms. The third-order valence-electron chi connectivity index (χ3n) is 6.51. The molecule has 1 saturated carbocycles. The van der Waals surface area contributed by atoms with Crippen LogP contribution < -0.4 is 0 Å². The summed E-state index contributed by atoms with van der Waals surface area (Å²) in [5.74, 6) is 0.477. The van der Waals surface area contributed by atoms with Crippen molar-refractivity contribution in [1.82, 2.24) is 0 Å². The molecular formula is C32H30. The lowest BCUT2D eigenvalue weighted by Crippen LogP contribution is -2.12. The number of aryl methyl sites for hydroxylation is 2. The van der Waals surface area contributed by atoms with E-state index in [-0.39, 0.29) is 5.41 Å². The van der Waals surface area contributed by atoms with Gasteiger partial charge >= 0.3 is 0 Å². The largest absolute Gasteiger partial charge is 0.128 e. The molecule has 0 aliphatic heterocycles. The summed E-state index contributed by atoms with van der Waals surface area (Å²) in [7, 11) is 0. The first-order valence-corrected chi connectivity index (χ1v) is 11.2. The number of benzene rings is 4. The van der Waals surface area contributed by atoms with E-state index in [1.54, 1.807) is 0 Å². The average Bonchev–Trinajstić information content (AvgIpc) is 3.46.